The monoisotopic (exact) mass is 242 g/mol. The Labute approximate surface area is 102 Å². The second kappa shape index (κ2) is 4.96. The van der Waals surface area contributed by atoms with E-state index in [0.717, 1.165) is 37.4 Å². The fourth-order valence-corrected chi connectivity index (χ4v) is 3.71. The van der Waals surface area contributed by atoms with Gasteiger partial charge in [0.1, 0.15) is 0 Å². The van der Waals surface area contributed by atoms with E-state index in [1.165, 1.54) is 12.2 Å². The number of carbonyl (C=O) groups is 1. The van der Waals surface area contributed by atoms with Crippen molar-refractivity contribution in [2.24, 2.45) is 5.73 Å². The summed E-state index contributed by atoms with van der Waals surface area (Å²) in [7, 11) is 0. The summed E-state index contributed by atoms with van der Waals surface area (Å²) < 4.78 is 0. The number of carbonyl (C=O) groups excluding carboxylic acids is 1. The van der Waals surface area contributed by atoms with Crippen molar-refractivity contribution < 1.29 is 4.79 Å². The van der Waals surface area contributed by atoms with Gasteiger partial charge >= 0.3 is 0 Å². The third kappa shape index (κ3) is 2.54. The maximum Gasteiger partial charge on any atom is 0.240 e. The molecule has 0 spiro atoms. The van der Waals surface area contributed by atoms with E-state index in [1.807, 2.05) is 11.8 Å². The van der Waals surface area contributed by atoms with E-state index in [9.17, 15) is 4.79 Å². The molecule has 0 saturated heterocycles. The quantitative estimate of drug-likeness (QED) is 0.788. The maximum absolute atomic E-state index is 11.9. The van der Waals surface area contributed by atoms with Crippen molar-refractivity contribution in [2.75, 3.05) is 5.75 Å². The van der Waals surface area contributed by atoms with Crippen molar-refractivity contribution in [1.29, 1.82) is 0 Å². The molecular weight excluding hydrogens is 220 g/mol. The molecule has 92 valence electrons. The van der Waals surface area contributed by atoms with Gasteiger partial charge in [-0.15, -0.1) is 0 Å². The van der Waals surface area contributed by atoms with Crippen LogP contribution in [0.3, 0.4) is 0 Å². The van der Waals surface area contributed by atoms with Gasteiger partial charge in [-0.25, -0.2) is 0 Å². The van der Waals surface area contributed by atoms with Gasteiger partial charge in [0.25, 0.3) is 0 Å². The van der Waals surface area contributed by atoms with E-state index in [0.29, 0.717) is 6.04 Å². The van der Waals surface area contributed by atoms with E-state index < -0.39 is 5.54 Å². The SMILES string of the molecule is CCSC1CCC(NC(=O)C2(N)CCC2)C1. The van der Waals surface area contributed by atoms with Crippen LogP contribution in [0.4, 0.5) is 0 Å². The second-order valence-electron chi connectivity index (χ2n) is 5.07. The van der Waals surface area contributed by atoms with E-state index in [-0.39, 0.29) is 5.91 Å². The molecule has 1 amide bonds. The molecule has 4 heteroatoms. The molecule has 0 aromatic rings. The minimum Gasteiger partial charge on any atom is -0.352 e. The number of rotatable bonds is 4. The summed E-state index contributed by atoms with van der Waals surface area (Å²) in [6.45, 7) is 2.19. The number of thioether (sulfide) groups is 1. The Hall–Kier alpha value is -0.220. The number of amides is 1. The molecule has 2 aliphatic carbocycles. The zero-order chi connectivity index (χ0) is 11.6. The zero-order valence-electron chi connectivity index (χ0n) is 10.00. The lowest BCUT2D eigenvalue weighted by Gasteiger charge is -2.37. The first-order valence-electron chi connectivity index (χ1n) is 6.35. The van der Waals surface area contributed by atoms with Crippen LogP contribution in [0, 0.1) is 0 Å². The highest BCUT2D eigenvalue weighted by atomic mass is 32.2. The first kappa shape index (κ1) is 12.2. The molecule has 0 bridgehead atoms. The van der Waals surface area contributed by atoms with Crippen LogP contribution in [0.1, 0.15) is 45.4 Å². The lowest BCUT2D eigenvalue weighted by molar-refractivity contribution is -0.129. The number of hydrogen-bond acceptors (Lipinski definition) is 3. The molecule has 0 radical (unpaired) electrons. The van der Waals surface area contributed by atoms with Gasteiger partial charge in [-0.1, -0.05) is 6.92 Å². The molecule has 2 unspecified atom stereocenters. The van der Waals surface area contributed by atoms with Crippen LogP contribution in [0.25, 0.3) is 0 Å². The van der Waals surface area contributed by atoms with Gasteiger partial charge in [-0.2, -0.15) is 11.8 Å². The van der Waals surface area contributed by atoms with E-state index in [2.05, 4.69) is 12.2 Å². The number of hydrogen-bond donors (Lipinski definition) is 2. The molecule has 3 N–H and O–H groups in total. The third-order valence-corrected chi connectivity index (χ3v) is 5.05. The highest BCUT2D eigenvalue weighted by Crippen LogP contribution is 2.32. The highest BCUT2D eigenvalue weighted by molar-refractivity contribution is 7.99. The van der Waals surface area contributed by atoms with E-state index in [4.69, 9.17) is 5.73 Å². The Balaban J connectivity index is 1.76. The molecule has 0 aromatic carbocycles. The average molecular weight is 242 g/mol. The summed E-state index contributed by atoms with van der Waals surface area (Å²) in [5.41, 5.74) is 5.47. The molecule has 0 aromatic heterocycles. The second-order valence-corrected chi connectivity index (χ2v) is 6.65. The van der Waals surface area contributed by atoms with Crippen molar-refractivity contribution in [2.45, 2.75) is 62.3 Å². The van der Waals surface area contributed by atoms with Crippen molar-refractivity contribution in [3.63, 3.8) is 0 Å². The summed E-state index contributed by atoms with van der Waals surface area (Å²) in [6.07, 6.45) is 6.31. The van der Waals surface area contributed by atoms with Gasteiger partial charge in [-0.05, 0) is 44.3 Å². The van der Waals surface area contributed by atoms with Gasteiger partial charge in [0.05, 0.1) is 5.54 Å². The van der Waals surface area contributed by atoms with Gasteiger partial charge in [-0.3, -0.25) is 4.79 Å². The molecule has 2 aliphatic rings. The van der Waals surface area contributed by atoms with Crippen LogP contribution in [-0.4, -0.2) is 28.5 Å². The zero-order valence-corrected chi connectivity index (χ0v) is 10.8. The highest BCUT2D eigenvalue weighted by Gasteiger charge is 2.41. The van der Waals surface area contributed by atoms with Gasteiger partial charge < -0.3 is 11.1 Å². The van der Waals surface area contributed by atoms with Crippen LogP contribution in [0.15, 0.2) is 0 Å². The molecular formula is C12H22N2OS. The Kier molecular flexibility index (Phi) is 3.80. The van der Waals surface area contributed by atoms with Crippen molar-refractivity contribution in [3.05, 3.63) is 0 Å². The molecule has 3 nitrogen and oxygen atoms in total. The Morgan fingerprint density at radius 1 is 1.50 bits per heavy atom. The van der Waals surface area contributed by atoms with Crippen LogP contribution >= 0.6 is 11.8 Å². The van der Waals surface area contributed by atoms with Gasteiger partial charge in [0, 0.05) is 11.3 Å². The predicted octanol–water partition coefficient (Wildman–Crippen LogP) is 1.66. The van der Waals surface area contributed by atoms with Gasteiger partial charge in [0.15, 0.2) is 0 Å². The van der Waals surface area contributed by atoms with Crippen molar-refractivity contribution in [3.8, 4) is 0 Å². The number of nitrogens with one attached hydrogen (secondary N) is 1. The van der Waals surface area contributed by atoms with Crippen LogP contribution < -0.4 is 11.1 Å². The maximum atomic E-state index is 11.9. The molecule has 2 saturated carbocycles. The Morgan fingerprint density at radius 2 is 2.25 bits per heavy atom. The van der Waals surface area contributed by atoms with Crippen LogP contribution in [0.2, 0.25) is 0 Å². The first-order valence-corrected chi connectivity index (χ1v) is 7.40. The van der Waals surface area contributed by atoms with Crippen LogP contribution in [-0.2, 0) is 4.79 Å². The normalized spacial score (nSPS) is 32.1. The largest absolute Gasteiger partial charge is 0.352 e. The summed E-state index contributed by atoms with van der Waals surface area (Å²) >= 11 is 2.01. The Bertz CT molecular complexity index is 266. The standard InChI is InChI=1S/C12H22N2OS/c1-2-16-10-5-4-9(8-10)14-11(15)12(13)6-3-7-12/h9-10H,2-8,13H2,1H3,(H,14,15). The molecule has 2 fully saturated rings. The van der Waals surface area contributed by atoms with Crippen LogP contribution in [0.5, 0.6) is 0 Å². The first-order chi connectivity index (χ1) is 7.64. The summed E-state index contributed by atoms with van der Waals surface area (Å²) in [5, 5.41) is 3.87. The minimum absolute atomic E-state index is 0.0888. The fraction of sp³-hybridized carbons (Fsp3) is 0.917. The van der Waals surface area contributed by atoms with Gasteiger partial charge in [0.2, 0.25) is 5.91 Å². The minimum atomic E-state index is -0.532. The Morgan fingerprint density at radius 3 is 2.81 bits per heavy atom. The lowest BCUT2D eigenvalue weighted by atomic mass is 9.77. The predicted molar refractivity (Wildman–Crippen MR) is 68.5 cm³/mol. The summed E-state index contributed by atoms with van der Waals surface area (Å²) in [4.78, 5) is 11.9. The summed E-state index contributed by atoms with van der Waals surface area (Å²) in [5.74, 6) is 1.26. The summed E-state index contributed by atoms with van der Waals surface area (Å²) in [6, 6.07) is 0.373. The smallest absolute Gasteiger partial charge is 0.240 e. The molecule has 0 aliphatic heterocycles. The average Bonchev–Trinajstić information content (AvgIpc) is 2.62. The number of nitrogens with two attached hydrogens (primary N) is 1. The lowest BCUT2D eigenvalue weighted by Crippen LogP contribution is -2.59. The molecule has 16 heavy (non-hydrogen) atoms. The van der Waals surface area contributed by atoms with E-state index >= 15 is 0 Å². The topological polar surface area (TPSA) is 55.1 Å². The fourth-order valence-electron chi connectivity index (χ4n) is 2.57. The van der Waals surface area contributed by atoms with E-state index in [1.54, 1.807) is 0 Å². The van der Waals surface area contributed by atoms with Crippen molar-refractivity contribution >= 4 is 17.7 Å². The molecule has 2 rings (SSSR count). The van der Waals surface area contributed by atoms with Crippen molar-refractivity contribution in [1.82, 2.24) is 5.32 Å². The molecule has 2 atom stereocenters. The third-order valence-electron chi connectivity index (χ3n) is 3.82. The molecule has 0 heterocycles.